The molecule has 3 heterocycles. The molecule has 59 heavy (non-hydrogen) atoms. The fourth-order valence-electron chi connectivity index (χ4n) is 5.04. The van der Waals surface area contributed by atoms with Crippen molar-refractivity contribution in [1.82, 2.24) is 30.2 Å². The molecule has 0 radical (unpaired) electrons. The molecule has 0 aromatic carbocycles. The number of hydrogen-bond acceptors (Lipinski definition) is 21. The Labute approximate surface area is 337 Å². The van der Waals surface area contributed by atoms with E-state index < -0.39 is 114 Å². The number of carboxylic acid groups (broad SMARTS) is 1. The van der Waals surface area contributed by atoms with Gasteiger partial charge in [0, 0.05) is 30.7 Å². The number of imidazole rings is 1. The number of amides is 2. The number of aliphatic carboxylic acids is 1. The van der Waals surface area contributed by atoms with Gasteiger partial charge >= 0.3 is 29.4 Å². The summed E-state index contributed by atoms with van der Waals surface area (Å²) in [5.41, 5.74) is 7.80. The standard InChI is InChI=1S/C27H45N8O20P3S/c1-26(2,20(40)23(41)31-5-4-14(36)30-6-7-59-25(42)19(28)27(3,43)8-15(37)38)10-52-58(49,50)55-57(47,48)51-9-13-18(54-56(44,45)46)17(39)24(53-13)35-12-34-16-21(29)32-11-33-22(16)35/h11-13,17-20,24,39-40,43H,4-10,28H2,1-3H3,(H,30,36)(H,31,41)(H,37,38)(H,47,48)(H,49,50)(H2,29,32,33)(H2,44,45,46)/t13-,17-,18-,19-,20+,24-,27?/m1/s1. The minimum atomic E-state index is -5.61. The van der Waals surface area contributed by atoms with Crippen molar-refractivity contribution in [2.24, 2.45) is 11.1 Å². The van der Waals surface area contributed by atoms with Crippen molar-refractivity contribution in [3.05, 3.63) is 12.7 Å². The van der Waals surface area contributed by atoms with Gasteiger partial charge in [0.25, 0.3) is 0 Å². The van der Waals surface area contributed by atoms with Crippen LogP contribution in [0.1, 0.15) is 39.8 Å². The van der Waals surface area contributed by atoms with E-state index in [1.807, 2.05) is 0 Å². The third-order valence-electron chi connectivity index (χ3n) is 8.18. The van der Waals surface area contributed by atoms with E-state index in [0.717, 1.165) is 24.1 Å². The highest BCUT2D eigenvalue weighted by Crippen LogP contribution is 2.61. The van der Waals surface area contributed by atoms with Crippen LogP contribution >= 0.6 is 35.2 Å². The maximum atomic E-state index is 12.7. The Balaban J connectivity index is 1.47. The van der Waals surface area contributed by atoms with Gasteiger partial charge in [-0.25, -0.2) is 28.6 Å². The number of carboxylic acids is 1. The molecule has 0 saturated carbocycles. The Hall–Kier alpha value is -3.05. The number of rotatable bonds is 23. The second-order valence-electron chi connectivity index (χ2n) is 13.6. The van der Waals surface area contributed by atoms with Crippen LogP contribution in [0.2, 0.25) is 0 Å². The largest absolute Gasteiger partial charge is 0.481 e. The summed E-state index contributed by atoms with van der Waals surface area (Å²) in [4.78, 5) is 98.6. The van der Waals surface area contributed by atoms with Crippen LogP contribution in [-0.4, -0.2) is 151 Å². The number of aliphatic hydroxyl groups is 3. The van der Waals surface area contributed by atoms with Gasteiger partial charge in [0.2, 0.25) is 16.9 Å². The number of carbonyl (C=O) groups is 4. The van der Waals surface area contributed by atoms with E-state index in [2.05, 4.69) is 34.4 Å². The van der Waals surface area contributed by atoms with Crippen LogP contribution in [0.25, 0.3) is 11.2 Å². The van der Waals surface area contributed by atoms with Gasteiger partial charge in [-0.2, -0.15) is 4.31 Å². The van der Waals surface area contributed by atoms with Crippen molar-refractivity contribution in [3.8, 4) is 0 Å². The number of nitrogens with two attached hydrogens (primary N) is 2. The lowest BCUT2D eigenvalue weighted by molar-refractivity contribution is -0.143. The van der Waals surface area contributed by atoms with Crippen LogP contribution in [0.3, 0.4) is 0 Å². The summed E-state index contributed by atoms with van der Waals surface area (Å²) in [7, 11) is -16.5. The van der Waals surface area contributed by atoms with Crippen molar-refractivity contribution in [2.75, 3.05) is 37.8 Å². The number of fused-ring (bicyclic) bond motifs is 1. The third kappa shape index (κ3) is 14.8. The second kappa shape index (κ2) is 20.2. The first-order valence-corrected chi connectivity index (χ1v) is 22.3. The zero-order chi connectivity index (χ0) is 44.7. The molecule has 0 bridgehead atoms. The SMILES string of the molecule is CC(C)(COP(=O)(O)OP(=O)(O)OC[C@H]1O[C@@H](n2cnc3c(N)ncnc32)[C@H](O)[C@@H]1OP(=O)(O)O)[C@@H](O)C(=O)NCCC(=O)NCCSC(=O)[C@@H](N)C(C)(O)CC(=O)O. The van der Waals surface area contributed by atoms with Crippen molar-refractivity contribution in [1.29, 1.82) is 0 Å². The van der Waals surface area contributed by atoms with Gasteiger partial charge in [-0.15, -0.1) is 0 Å². The van der Waals surface area contributed by atoms with Crippen LogP contribution in [0.15, 0.2) is 12.7 Å². The monoisotopic (exact) mass is 926 g/mol. The van der Waals surface area contributed by atoms with Gasteiger partial charge in [-0.3, -0.25) is 37.3 Å². The van der Waals surface area contributed by atoms with Gasteiger partial charge in [0.1, 0.15) is 42.3 Å². The van der Waals surface area contributed by atoms with E-state index in [0.29, 0.717) is 11.8 Å². The highest BCUT2D eigenvalue weighted by molar-refractivity contribution is 8.13. The van der Waals surface area contributed by atoms with Crippen molar-refractivity contribution in [3.63, 3.8) is 0 Å². The lowest BCUT2D eigenvalue weighted by Crippen LogP contribution is -2.51. The smallest absolute Gasteiger partial charge is 0.481 e. The molecule has 0 spiro atoms. The zero-order valence-electron chi connectivity index (χ0n) is 31.2. The van der Waals surface area contributed by atoms with E-state index in [4.69, 9.17) is 30.4 Å². The van der Waals surface area contributed by atoms with E-state index in [1.165, 1.54) is 13.8 Å². The minimum Gasteiger partial charge on any atom is -0.481 e. The van der Waals surface area contributed by atoms with Gasteiger partial charge in [0.15, 0.2) is 17.7 Å². The van der Waals surface area contributed by atoms with Crippen LogP contribution in [0, 0.1) is 5.41 Å². The Bertz CT molecular complexity index is 1990. The molecule has 1 aliphatic heterocycles. The number of aromatic nitrogens is 4. The fourth-order valence-corrected chi connectivity index (χ4v) is 8.71. The first kappa shape index (κ1) is 50.3. The van der Waals surface area contributed by atoms with E-state index >= 15 is 0 Å². The number of phosphoric ester groups is 3. The summed E-state index contributed by atoms with van der Waals surface area (Å²) in [5, 5.41) is 44.4. The molecule has 32 heteroatoms. The summed E-state index contributed by atoms with van der Waals surface area (Å²) in [6.07, 6.45) is -8.01. The quantitative estimate of drug-likeness (QED) is 0.0396. The molecule has 2 aromatic heterocycles. The molecule has 3 rings (SSSR count). The lowest BCUT2D eigenvalue weighted by Gasteiger charge is -2.30. The number of nitrogen functional groups attached to an aromatic ring is 1. The molecular formula is C27H45N8O20P3S. The average Bonchev–Trinajstić information content (AvgIpc) is 3.67. The summed E-state index contributed by atoms with van der Waals surface area (Å²) in [6, 6.07) is -1.50. The first-order chi connectivity index (χ1) is 27.1. The number of thioether (sulfide) groups is 1. The molecule has 2 amide bonds. The van der Waals surface area contributed by atoms with Crippen LogP contribution in [0.5, 0.6) is 0 Å². The maximum absolute atomic E-state index is 12.7. The van der Waals surface area contributed by atoms with Gasteiger partial charge in [-0.1, -0.05) is 25.6 Å². The molecule has 28 nitrogen and oxygen atoms in total. The molecule has 9 atom stereocenters. The predicted octanol–water partition coefficient (Wildman–Crippen LogP) is -2.78. The Morgan fingerprint density at radius 2 is 1.68 bits per heavy atom. The molecule has 1 fully saturated rings. The molecule has 3 unspecified atom stereocenters. The van der Waals surface area contributed by atoms with E-state index in [1.54, 1.807) is 0 Å². The highest BCUT2D eigenvalue weighted by atomic mass is 32.2. The van der Waals surface area contributed by atoms with Crippen LogP contribution in [-0.2, 0) is 55.5 Å². The van der Waals surface area contributed by atoms with Crippen molar-refractivity contribution >= 4 is 75.1 Å². The normalized spacial score (nSPS) is 22.8. The number of hydrogen-bond donors (Lipinski definition) is 12. The molecule has 0 aliphatic carbocycles. The summed E-state index contributed by atoms with van der Waals surface area (Å²) in [5.74, 6) is -3.03. The maximum Gasteiger partial charge on any atom is 0.481 e. The number of phosphoric acid groups is 3. The number of carbonyl (C=O) groups excluding carboxylic acids is 3. The molecular weight excluding hydrogens is 881 g/mol. The number of aliphatic hydroxyl groups excluding tert-OH is 2. The Kier molecular flexibility index (Phi) is 17.2. The predicted molar refractivity (Wildman–Crippen MR) is 198 cm³/mol. The van der Waals surface area contributed by atoms with E-state index in [9.17, 15) is 67.8 Å². The second-order valence-corrected chi connectivity index (χ2v) is 19.0. The minimum absolute atomic E-state index is 0.0115. The van der Waals surface area contributed by atoms with Crippen LogP contribution < -0.4 is 22.1 Å². The topological polar surface area (TPSA) is 447 Å². The van der Waals surface area contributed by atoms with E-state index in [-0.39, 0.29) is 42.2 Å². The summed E-state index contributed by atoms with van der Waals surface area (Å²) in [6.45, 7) is 1.07. The van der Waals surface area contributed by atoms with Gasteiger partial charge in [-0.05, 0) is 6.92 Å². The van der Waals surface area contributed by atoms with Gasteiger partial charge in [0.05, 0.1) is 31.6 Å². The number of nitrogens with one attached hydrogen (secondary N) is 2. The van der Waals surface area contributed by atoms with Crippen LogP contribution in [0.4, 0.5) is 5.82 Å². The Morgan fingerprint density at radius 3 is 2.31 bits per heavy atom. The summed E-state index contributed by atoms with van der Waals surface area (Å²) >= 11 is 0.654. The fraction of sp³-hybridized carbons (Fsp3) is 0.667. The highest BCUT2D eigenvalue weighted by Gasteiger charge is 2.50. The number of anilines is 1. The molecule has 1 saturated heterocycles. The number of ether oxygens (including phenoxy) is 1. The zero-order valence-corrected chi connectivity index (χ0v) is 34.7. The average molecular weight is 927 g/mol. The summed E-state index contributed by atoms with van der Waals surface area (Å²) < 4.78 is 62.0. The van der Waals surface area contributed by atoms with Crippen molar-refractivity contribution in [2.45, 2.75) is 75.9 Å². The first-order valence-electron chi connectivity index (χ1n) is 16.8. The third-order valence-corrected chi connectivity index (χ3v) is 12.2. The molecule has 14 N–H and O–H groups in total. The number of nitrogens with zero attached hydrogens (tertiary/aromatic N) is 4. The van der Waals surface area contributed by atoms with Gasteiger partial charge < -0.3 is 66.8 Å². The molecule has 2 aromatic rings. The molecule has 334 valence electrons. The lowest BCUT2D eigenvalue weighted by atomic mass is 9.87. The Morgan fingerprint density at radius 1 is 1.03 bits per heavy atom. The molecule has 1 aliphatic rings. The van der Waals surface area contributed by atoms with Crippen molar-refractivity contribution < 1.29 is 95.5 Å².